The van der Waals surface area contributed by atoms with Crippen LogP contribution in [0.15, 0.2) is 72.8 Å². The number of carbonyl (C=O) groups is 2. The zero-order valence-electron chi connectivity index (χ0n) is 17.2. The fraction of sp³-hybridized carbons (Fsp3) is 0.125. The van der Waals surface area contributed by atoms with Gasteiger partial charge >= 0.3 is 0 Å². The largest absolute Gasteiger partial charge is 0.332 e. The molecule has 168 valence electrons. The average Bonchev–Trinajstić information content (AvgIpc) is 3.01. The van der Waals surface area contributed by atoms with E-state index in [1.54, 1.807) is 41.3 Å². The van der Waals surface area contributed by atoms with Crippen LogP contribution in [0.1, 0.15) is 12.0 Å². The Morgan fingerprint density at radius 1 is 0.939 bits per heavy atom. The maximum atomic E-state index is 13.4. The number of hydrogen-bond acceptors (Lipinski definition) is 3. The van der Waals surface area contributed by atoms with E-state index in [1.165, 1.54) is 29.2 Å². The lowest BCUT2D eigenvalue weighted by Crippen LogP contribution is -2.37. The summed E-state index contributed by atoms with van der Waals surface area (Å²) in [6.45, 7) is 0.304. The molecule has 5 nitrogen and oxygen atoms in total. The minimum Gasteiger partial charge on any atom is -0.332 e. The average molecular weight is 502 g/mol. The van der Waals surface area contributed by atoms with Crippen molar-refractivity contribution in [1.29, 1.82) is 0 Å². The highest BCUT2D eigenvalue weighted by molar-refractivity contribution is 7.80. The number of nitrogens with one attached hydrogen (secondary N) is 1. The summed E-state index contributed by atoms with van der Waals surface area (Å²) in [4.78, 5) is 29.2. The first kappa shape index (κ1) is 23.2. The van der Waals surface area contributed by atoms with Gasteiger partial charge in [-0.1, -0.05) is 35.3 Å². The lowest BCUT2D eigenvalue weighted by atomic mass is 10.1. The molecule has 3 aromatic rings. The summed E-state index contributed by atoms with van der Waals surface area (Å²) >= 11 is 17.5. The molecule has 0 saturated carbocycles. The second-order valence-electron chi connectivity index (χ2n) is 7.46. The molecule has 1 aliphatic heterocycles. The third-order valence-corrected chi connectivity index (χ3v) is 6.10. The van der Waals surface area contributed by atoms with Gasteiger partial charge in [0.25, 0.3) is 5.91 Å². The first-order valence-electron chi connectivity index (χ1n) is 10.0. The second-order valence-corrected chi connectivity index (χ2v) is 8.70. The van der Waals surface area contributed by atoms with E-state index < -0.39 is 11.9 Å². The predicted molar refractivity (Wildman–Crippen MR) is 132 cm³/mol. The number of benzene rings is 3. The van der Waals surface area contributed by atoms with Gasteiger partial charge in [-0.25, -0.2) is 4.39 Å². The zero-order valence-corrected chi connectivity index (χ0v) is 19.5. The zero-order chi connectivity index (χ0) is 23.5. The molecule has 33 heavy (non-hydrogen) atoms. The molecule has 0 spiro atoms. The molecule has 0 bridgehead atoms. The summed E-state index contributed by atoms with van der Waals surface area (Å²) in [6.07, 6.45) is -0.118. The van der Waals surface area contributed by atoms with Gasteiger partial charge in [0.15, 0.2) is 5.11 Å². The highest BCUT2D eigenvalue weighted by atomic mass is 35.5. The molecule has 2 amide bonds. The van der Waals surface area contributed by atoms with Crippen LogP contribution >= 0.6 is 35.4 Å². The van der Waals surface area contributed by atoms with Gasteiger partial charge in [0, 0.05) is 22.3 Å². The lowest BCUT2D eigenvalue weighted by molar-refractivity contribution is -0.124. The molecule has 4 rings (SSSR count). The second kappa shape index (κ2) is 9.87. The van der Waals surface area contributed by atoms with Crippen molar-refractivity contribution in [3.05, 3.63) is 94.2 Å². The lowest BCUT2D eigenvalue weighted by Gasteiger charge is -2.24. The van der Waals surface area contributed by atoms with Crippen LogP contribution < -0.4 is 10.2 Å². The summed E-state index contributed by atoms with van der Waals surface area (Å²) in [7, 11) is 0. The van der Waals surface area contributed by atoms with Crippen LogP contribution in [-0.4, -0.2) is 27.9 Å². The number of rotatable bonds is 6. The molecule has 1 N–H and O–H groups in total. The highest BCUT2D eigenvalue weighted by Gasteiger charge is 2.44. The normalized spacial score (nSPS) is 15.8. The Labute approximate surface area is 205 Å². The van der Waals surface area contributed by atoms with Crippen molar-refractivity contribution < 1.29 is 14.0 Å². The van der Waals surface area contributed by atoms with Crippen LogP contribution in [-0.2, 0) is 16.1 Å². The van der Waals surface area contributed by atoms with E-state index in [0.717, 1.165) is 5.56 Å². The van der Waals surface area contributed by atoms with Crippen LogP contribution in [0.4, 0.5) is 15.8 Å². The van der Waals surface area contributed by atoms with Gasteiger partial charge < -0.3 is 10.2 Å². The molecule has 1 saturated heterocycles. The number of anilines is 2. The van der Waals surface area contributed by atoms with Gasteiger partial charge in [-0.05, 0) is 78.4 Å². The van der Waals surface area contributed by atoms with Crippen molar-refractivity contribution in [3.8, 4) is 0 Å². The van der Waals surface area contributed by atoms with Crippen LogP contribution in [0.3, 0.4) is 0 Å². The summed E-state index contributed by atoms with van der Waals surface area (Å²) < 4.78 is 13.4. The van der Waals surface area contributed by atoms with Gasteiger partial charge in [-0.2, -0.15) is 0 Å². The molecule has 0 unspecified atom stereocenters. The fourth-order valence-corrected chi connectivity index (χ4v) is 4.19. The molecule has 0 aromatic heterocycles. The Kier molecular flexibility index (Phi) is 6.93. The van der Waals surface area contributed by atoms with E-state index >= 15 is 0 Å². The van der Waals surface area contributed by atoms with E-state index in [4.69, 9.17) is 35.4 Å². The number of halogens is 3. The molecule has 0 aliphatic carbocycles. The number of carbonyl (C=O) groups excluding carboxylic acids is 2. The van der Waals surface area contributed by atoms with E-state index in [9.17, 15) is 14.0 Å². The smallest absolute Gasteiger partial charge is 0.256 e. The van der Waals surface area contributed by atoms with E-state index in [0.29, 0.717) is 28.0 Å². The Balaban J connectivity index is 1.59. The maximum Gasteiger partial charge on any atom is 0.256 e. The van der Waals surface area contributed by atoms with Gasteiger partial charge in [0.2, 0.25) is 5.91 Å². The Bertz CT molecular complexity index is 1190. The molecule has 1 fully saturated rings. The quantitative estimate of drug-likeness (QED) is 0.442. The van der Waals surface area contributed by atoms with E-state index in [2.05, 4.69) is 5.32 Å². The van der Waals surface area contributed by atoms with E-state index in [1.807, 2.05) is 12.1 Å². The summed E-state index contributed by atoms with van der Waals surface area (Å²) in [5, 5.41) is 4.16. The molecule has 9 heteroatoms. The SMILES string of the molecule is O=C(C[C@H]1C(=O)N(c2ccc(F)cc2)C(=S)N1Cc1ccc(Cl)cc1)Nc1ccc(Cl)cc1. The summed E-state index contributed by atoms with van der Waals surface area (Å²) in [6, 6.07) is 18.5. The topological polar surface area (TPSA) is 52.7 Å². The fourth-order valence-electron chi connectivity index (χ4n) is 3.55. The van der Waals surface area contributed by atoms with Crippen molar-refractivity contribution in [2.45, 2.75) is 19.0 Å². The monoisotopic (exact) mass is 501 g/mol. The minimum absolute atomic E-state index is 0.118. The van der Waals surface area contributed by atoms with Crippen molar-refractivity contribution in [2.75, 3.05) is 10.2 Å². The minimum atomic E-state index is -0.828. The van der Waals surface area contributed by atoms with Crippen molar-refractivity contribution in [1.82, 2.24) is 4.90 Å². The Morgan fingerprint density at radius 2 is 1.52 bits per heavy atom. The van der Waals surface area contributed by atoms with Gasteiger partial charge in [-0.15, -0.1) is 0 Å². The number of nitrogens with zero attached hydrogens (tertiary/aromatic N) is 2. The number of thiocarbonyl (C=S) groups is 1. The first-order chi connectivity index (χ1) is 15.8. The van der Waals surface area contributed by atoms with Gasteiger partial charge in [0.1, 0.15) is 11.9 Å². The summed E-state index contributed by atoms with van der Waals surface area (Å²) in [5.41, 5.74) is 1.88. The van der Waals surface area contributed by atoms with Crippen LogP contribution in [0.2, 0.25) is 10.0 Å². The summed E-state index contributed by atoms with van der Waals surface area (Å²) in [5.74, 6) is -1.12. The van der Waals surface area contributed by atoms with Crippen LogP contribution in [0, 0.1) is 5.82 Å². The molecule has 1 aliphatic rings. The standard InChI is InChI=1S/C24H18Cl2FN3O2S/c25-16-3-1-15(2-4-16)14-29-21(13-22(31)28-19-9-5-17(26)6-10-19)23(32)30(24(29)33)20-11-7-18(27)8-12-20/h1-12,21H,13-14H2,(H,28,31)/t21-/m0/s1. The molecule has 1 heterocycles. The highest BCUT2D eigenvalue weighted by Crippen LogP contribution is 2.29. The van der Waals surface area contributed by atoms with Crippen molar-refractivity contribution >= 4 is 63.7 Å². The Hall–Kier alpha value is -3.00. The molecular formula is C24H18Cl2FN3O2S. The third kappa shape index (κ3) is 5.33. The van der Waals surface area contributed by atoms with Crippen LogP contribution in [0.5, 0.6) is 0 Å². The van der Waals surface area contributed by atoms with Gasteiger partial charge in [0.05, 0.1) is 12.1 Å². The van der Waals surface area contributed by atoms with Gasteiger partial charge in [-0.3, -0.25) is 14.5 Å². The Morgan fingerprint density at radius 3 is 2.12 bits per heavy atom. The molecular weight excluding hydrogens is 484 g/mol. The number of hydrogen-bond donors (Lipinski definition) is 1. The van der Waals surface area contributed by atoms with Crippen LogP contribution in [0.25, 0.3) is 0 Å². The maximum absolute atomic E-state index is 13.4. The first-order valence-corrected chi connectivity index (χ1v) is 11.2. The molecule has 3 aromatic carbocycles. The molecule has 1 atom stereocenters. The molecule has 0 radical (unpaired) electrons. The van der Waals surface area contributed by atoms with Crippen molar-refractivity contribution in [3.63, 3.8) is 0 Å². The predicted octanol–water partition coefficient (Wildman–Crippen LogP) is 5.66. The van der Waals surface area contributed by atoms with E-state index in [-0.39, 0.29) is 23.3 Å². The van der Waals surface area contributed by atoms with Crippen molar-refractivity contribution in [2.24, 2.45) is 0 Å². The third-order valence-electron chi connectivity index (χ3n) is 5.18. The number of amides is 2.